The van der Waals surface area contributed by atoms with Crippen LogP contribution in [0, 0.1) is 10.1 Å². The topological polar surface area (TPSA) is 104 Å². The van der Waals surface area contributed by atoms with E-state index in [0.717, 1.165) is 25.8 Å². The number of nitrogens with one attached hydrogen (secondary N) is 1. The van der Waals surface area contributed by atoms with Crippen molar-refractivity contribution in [2.75, 3.05) is 29.9 Å². The number of rotatable bonds is 7. The molecule has 21 heavy (non-hydrogen) atoms. The van der Waals surface area contributed by atoms with Gasteiger partial charge in [0.2, 0.25) is 11.6 Å². The van der Waals surface area contributed by atoms with Crippen molar-refractivity contribution in [1.82, 2.24) is 9.97 Å². The van der Waals surface area contributed by atoms with Gasteiger partial charge in [-0.3, -0.25) is 10.1 Å². The zero-order chi connectivity index (χ0) is 15.2. The molecule has 0 bridgehead atoms. The maximum absolute atomic E-state index is 11.4. The molecule has 2 rings (SSSR count). The van der Waals surface area contributed by atoms with Crippen molar-refractivity contribution in [2.24, 2.45) is 0 Å². The molecular weight excluding hydrogens is 274 g/mol. The molecule has 2 heterocycles. The van der Waals surface area contributed by atoms with Crippen molar-refractivity contribution in [3.8, 4) is 0 Å². The first-order chi connectivity index (χ1) is 10.2. The summed E-state index contributed by atoms with van der Waals surface area (Å²) in [7, 11) is 0. The van der Waals surface area contributed by atoms with Gasteiger partial charge in [-0.05, 0) is 32.6 Å². The van der Waals surface area contributed by atoms with E-state index < -0.39 is 4.92 Å². The fourth-order valence-electron chi connectivity index (χ4n) is 2.79. The number of hydrogen-bond acceptors (Lipinski definition) is 7. The lowest BCUT2D eigenvalue weighted by Crippen LogP contribution is -2.31. The number of aliphatic hydroxyl groups excluding tert-OH is 1. The molecule has 1 aliphatic heterocycles. The molecule has 1 unspecified atom stereocenters. The highest BCUT2D eigenvalue weighted by molar-refractivity contribution is 5.70. The molecule has 1 atom stereocenters. The van der Waals surface area contributed by atoms with Crippen LogP contribution in [0.25, 0.3) is 0 Å². The van der Waals surface area contributed by atoms with Crippen LogP contribution < -0.4 is 10.2 Å². The van der Waals surface area contributed by atoms with E-state index >= 15 is 0 Å². The molecule has 116 valence electrons. The smallest absolute Gasteiger partial charge is 0.353 e. The Morgan fingerprint density at radius 3 is 3.05 bits per heavy atom. The zero-order valence-corrected chi connectivity index (χ0v) is 12.2. The van der Waals surface area contributed by atoms with Gasteiger partial charge in [-0.1, -0.05) is 0 Å². The van der Waals surface area contributed by atoms with Gasteiger partial charge >= 0.3 is 5.69 Å². The van der Waals surface area contributed by atoms with Crippen molar-refractivity contribution in [1.29, 1.82) is 0 Å². The van der Waals surface area contributed by atoms with Crippen LogP contribution >= 0.6 is 0 Å². The van der Waals surface area contributed by atoms with E-state index in [9.17, 15) is 10.1 Å². The van der Waals surface area contributed by atoms with E-state index in [2.05, 4.69) is 15.3 Å². The molecule has 0 amide bonds. The minimum atomic E-state index is -0.422. The highest BCUT2D eigenvalue weighted by Crippen LogP contribution is 2.36. The second-order valence-corrected chi connectivity index (χ2v) is 5.04. The van der Waals surface area contributed by atoms with E-state index in [0.29, 0.717) is 18.8 Å². The van der Waals surface area contributed by atoms with Gasteiger partial charge in [-0.15, -0.1) is 0 Å². The van der Waals surface area contributed by atoms with Gasteiger partial charge in [-0.2, -0.15) is 0 Å². The number of aliphatic hydroxyl groups is 1. The molecule has 0 spiro atoms. The number of nitrogens with zero attached hydrogens (tertiary/aromatic N) is 4. The molecule has 1 saturated heterocycles. The lowest BCUT2D eigenvalue weighted by molar-refractivity contribution is -0.383. The van der Waals surface area contributed by atoms with Crippen LogP contribution in [-0.2, 0) is 0 Å². The molecule has 0 radical (unpaired) electrons. The average molecular weight is 295 g/mol. The molecule has 1 fully saturated rings. The van der Waals surface area contributed by atoms with Crippen LogP contribution in [0.3, 0.4) is 0 Å². The first-order valence-corrected chi connectivity index (χ1v) is 7.29. The van der Waals surface area contributed by atoms with E-state index in [4.69, 9.17) is 5.11 Å². The summed E-state index contributed by atoms with van der Waals surface area (Å²) in [6, 6.07) is 0.195. The average Bonchev–Trinajstić information content (AvgIpc) is 2.93. The Hall–Kier alpha value is -1.96. The Kier molecular flexibility index (Phi) is 5.26. The number of hydrogen-bond donors (Lipinski definition) is 2. The van der Waals surface area contributed by atoms with Gasteiger partial charge < -0.3 is 15.3 Å². The summed E-state index contributed by atoms with van der Waals surface area (Å²) in [5, 5.41) is 23.3. The molecule has 1 aromatic heterocycles. The SMILES string of the molecule is CCNc1ncnc(N2CCCC2CCCO)c1[N+](=O)[O-]. The zero-order valence-electron chi connectivity index (χ0n) is 12.2. The second kappa shape index (κ2) is 7.16. The summed E-state index contributed by atoms with van der Waals surface area (Å²) in [6.45, 7) is 3.31. The first-order valence-electron chi connectivity index (χ1n) is 7.29. The predicted octanol–water partition coefficient (Wildman–Crippen LogP) is 1.56. The third-order valence-corrected chi connectivity index (χ3v) is 3.67. The quantitative estimate of drug-likeness (QED) is 0.581. The van der Waals surface area contributed by atoms with Crippen LogP contribution in [0.5, 0.6) is 0 Å². The summed E-state index contributed by atoms with van der Waals surface area (Å²) in [5.41, 5.74) is -0.0600. The normalized spacial score (nSPS) is 18.0. The summed E-state index contributed by atoms with van der Waals surface area (Å²) in [6.07, 6.45) is 4.82. The summed E-state index contributed by atoms with van der Waals surface area (Å²) in [5.74, 6) is 0.645. The second-order valence-electron chi connectivity index (χ2n) is 5.04. The largest absolute Gasteiger partial charge is 0.396 e. The molecule has 0 saturated carbocycles. The van der Waals surface area contributed by atoms with Gasteiger partial charge in [0.15, 0.2) is 0 Å². The van der Waals surface area contributed by atoms with E-state index in [1.807, 2.05) is 11.8 Å². The highest BCUT2D eigenvalue weighted by atomic mass is 16.6. The van der Waals surface area contributed by atoms with Crippen molar-refractivity contribution in [2.45, 2.75) is 38.6 Å². The maximum Gasteiger partial charge on any atom is 0.353 e. The third kappa shape index (κ3) is 3.38. The van der Waals surface area contributed by atoms with Crippen molar-refractivity contribution in [3.63, 3.8) is 0 Å². The minimum Gasteiger partial charge on any atom is -0.396 e. The van der Waals surface area contributed by atoms with Gasteiger partial charge in [0.25, 0.3) is 0 Å². The van der Waals surface area contributed by atoms with Crippen molar-refractivity contribution in [3.05, 3.63) is 16.4 Å². The Morgan fingerprint density at radius 2 is 2.38 bits per heavy atom. The first kappa shape index (κ1) is 15.4. The third-order valence-electron chi connectivity index (χ3n) is 3.67. The van der Waals surface area contributed by atoms with Gasteiger partial charge in [-0.25, -0.2) is 9.97 Å². The molecule has 2 N–H and O–H groups in total. The fourth-order valence-corrected chi connectivity index (χ4v) is 2.79. The van der Waals surface area contributed by atoms with Gasteiger partial charge in [0, 0.05) is 25.7 Å². The van der Waals surface area contributed by atoms with Crippen LogP contribution in [-0.4, -0.2) is 45.7 Å². The van der Waals surface area contributed by atoms with Gasteiger partial charge in [0.1, 0.15) is 6.33 Å². The van der Waals surface area contributed by atoms with E-state index in [1.54, 1.807) is 0 Å². The molecule has 1 aromatic rings. The Balaban J connectivity index is 2.33. The van der Waals surface area contributed by atoms with E-state index in [-0.39, 0.29) is 24.2 Å². The summed E-state index contributed by atoms with van der Waals surface area (Å²) < 4.78 is 0. The lowest BCUT2D eigenvalue weighted by Gasteiger charge is -2.25. The molecule has 8 heteroatoms. The predicted molar refractivity (Wildman–Crippen MR) is 79.5 cm³/mol. The van der Waals surface area contributed by atoms with E-state index in [1.165, 1.54) is 6.33 Å². The molecule has 0 aromatic carbocycles. The Bertz CT molecular complexity index is 497. The number of aromatic nitrogens is 2. The van der Waals surface area contributed by atoms with Crippen molar-refractivity contribution < 1.29 is 10.0 Å². The summed E-state index contributed by atoms with van der Waals surface area (Å²) >= 11 is 0. The van der Waals surface area contributed by atoms with Crippen LogP contribution in [0.1, 0.15) is 32.6 Å². The van der Waals surface area contributed by atoms with Crippen LogP contribution in [0.15, 0.2) is 6.33 Å². The molecule has 8 nitrogen and oxygen atoms in total. The minimum absolute atomic E-state index is 0.0600. The lowest BCUT2D eigenvalue weighted by atomic mass is 10.1. The summed E-state index contributed by atoms with van der Waals surface area (Å²) in [4.78, 5) is 21.1. The van der Waals surface area contributed by atoms with Crippen LogP contribution in [0.2, 0.25) is 0 Å². The molecule has 1 aliphatic rings. The number of anilines is 2. The molecule has 0 aliphatic carbocycles. The highest BCUT2D eigenvalue weighted by Gasteiger charge is 2.33. The van der Waals surface area contributed by atoms with Crippen molar-refractivity contribution >= 4 is 17.3 Å². The van der Waals surface area contributed by atoms with Crippen LogP contribution in [0.4, 0.5) is 17.3 Å². The number of nitro groups is 1. The monoisotopic (exact) mass is 295 g/mol. The Morgan fingerprint density at radius 1 is 1.57 bits per heavy atom. The standard InChI is InChI=1S/C13H21N5O3/c1-2-14-12-11(18(20)21)13(16-9-15-12)17-7-3-5-10(17)6-4-8-19/h9-10,19H,2-8H2,1H3,(H,14,15,16). The maximum atomic E-state index is 11.4. The fraction of sp³-hybridized carbons (Fsp3) is 0.692. The van der Waals surface area contributed by atoms with Gasteiger partial charge in [0.05, 0.1) is 4.92 Å². The molecular formula is C13H21N5O3. The Labute approximate surface area is 123 Å².